The fraction of sp³-hybridized carbons (Fsp3) is 0.125. The van der Waals surface area contributed by atoms with Gasteiger partial charge in [-0.25, -0.2) is 0 Å². The van der Waals surface area contributed by atoms with Crippen molar-refractivity contribution in [1.29, 1.82) is 0 Å². The molecule has 2 aromatic rings. The first-order chi connectivity index (χ1) is 10.1. The predicted octanol–water partition coefficient (Wildman–Crippen LogP) is 2.00. The fourth-order valence-corrected chi connectivity index (χ4v) is 2.01. The number of hydrogen-bond acceptors (Lipinski definition) is 3. The van der Waals surface area contributed by atoms with Gasteiger partial charge in [-0.3, -0.25) is 4.79 Å². The van der Waals surface area contributed by atoms with E-state index in [1.165, 1.54) is 0 Å². The molecule has 4 N–H and O–H groups in total. The predicted molar refractivity (Wildman–Crippen MR) is 86.5 cm³/mol. The highest BCUT2D eigenvalue weighted by Crippen LogP contribution is 2.10. The van der Waals surface area contributed by atoms with E-state index in [0.29, 0.717) is 23.5 Å². The van der Waals surface area contributed by atoms with Crippen LogP contribution in [0.1, 0.15) is 21.5 Å². The average Bonchev–Trinajstić information content (AvgIpc) is 2.49. The summed E-state index contributed by atoms with van der Waals surface area (Å²) in [6.07, 6.45) is 0.705. The molecule has 0 atom stereocenters. The Bertz CT molecular complexity index is 636. The Kier molecular flexibility index (Phi) is 4.90. The van der Waals surface area contributed by atoms with Crippen molar-refractivity contribution in [3.05, 3.63) is 65.2 Å². The number of hydrogen-bond donors (Lipinski definition) is 3. The molecule has 0 heterocycles. The number of nitrogens with one attached hydrogen (secondary N) is 1. The molecule has 108 valence electrons. The molecule has 0 aliphatic carbocycles. The number of phenolic OH excluding ortho intramolecular Hbond substituents is 1. The standard InChI is InChI=1S/C16H16N2O2S/c17-15(21)12-3-5-13(6-4-12)16(20)18-10-9-11-1-7-14(19)8-2-11/h1-8,19H,9-10H2,(H2,17,21)(H,18,20). The number of aromatic hydroxyl groups is 1. The van der Waals surface area contributed by atoms with Crippen LogP contribution in [0.25, 0.3) is 0 Å². The molecule has 0 unspecified atom stereocenters. The zero-order chi connectivity index (χ0) is 15.2. The summed E-state index contributed by atoms with van der Waals surface area (Å²) in [4.78, 5) is 12.3. The van der Waals surface area contributed by atoms with Crippen LogP contribution in [0.15, 0.2) is 48.5 Å². The summed E-state index contributed by atoms with van der Waals surface area (Å²) in [6, 6.07) is 13.8. The monoisotopic (exact) mass is 300 g/mol. The second kappa shape index (κ2) is 6.85. The van der Waals surface area contributed by atoms with Gasteiger partial charge in [0.15, 0.2) is 0 Å². The summed E-state index contributed by atoms with van der Waals surface area (Å²) in [5, 5.41) is 12.0. The van der Waals surface area contributed by atoms with E-state index in [0.717, 1.165) is 11.1 Å². The molecule has 21 heavy (non-hydrogen) atoms. The first kappa shape index (κ1) is 15.0. The van der Waals surface area contributed by atoms with Crippen LogP contribution in [0.4, 0.5) is 0 Å². The van der Waals surface area contributed by atoms with Crippen molar-refractivity contribution >= 4 is 23.1 Å². The van der Waals surface area contributed by atoms with Crippen molar-refractivity contribution in [2.45, 2.75) is 6.42 Å². The summed E-state index contributed by atoms with van der Waals surface area (Å²) in [5.41, 5.74) is 7.87. The molecule has 0 fully saturated rings. The van der Waals surface area contributed by atoms with Gasteiger partial charge in [0.1, 0.15) is 10.7 Å². The van der Waals surface area contributed by atoms with Gasteiger partial charge in [-0.2, -0.15) is 0 Å². The Balaban J connectivity index is 1.86. The molecular weight excluding hydrogens is 284 g/mol. The van der Waals surface area contributed by atoms with Crippen LogP contribution in [0.5, 0.6) is 5.75 Å². The minimum Gasteiger partial charge on any atom is -0.508 e. The maximum absolute atomic E-state index is 12.0. The van der Waals surface area contributed by atoms with Crippen molar-refractivity contribution in [3.63, 3.8) is 0 Å². The smallest absolute Gasteiger partial charge is 0.251 e. The number of nitrogens with two attached hydrogens (primary N) is 1. The van der Waals surface area contributed by atoms with Crippen molar-refractivity contribution in [2.24, 2.45) is 5.73 Å². The van der Waals surface area contributed by atoms with Crippen molar-refractivity contribution < 1.29 is 9.90 Å². The second-order valence-electron chi connectivity index (χ2n) is 4.61. The molecule has 0 aliphatic rings. The molecule has 1 amide bonds. The lowest BCUT2D eigenvalue weighted by Gasteiger charge is -2.06. The molecule has 0 bridgehead atoms. The molecule has 2 aromatic carbocycles. The summed E-state index contributed by atoms with van der Waals surface area (Å²) >= 11 is 4.86. The first-order valence-corrected chi connectivity index (χ1v) is 6.93. The summed E-state index contributed by atoms with van der Waals surface area (Å²) in [7, 11) is 0. The third kappa shape index (κ3) is 4.29. The van der Waals surface area contributed by atoms with E-state index in [4.69, 9.17) is 18.0 Å². The van der Waals surface area contributed by atoms with Gasteiger partial charge in [0.25, 0.3) is 5.91 Å². The van der Waals surface area contributed by atoms with E-state index >= 15 is 0 Å². The number of benzene rings is 2. The number of carbonyl (C=O) groups excluding carboxylic acids is 1. The Hall–Kier alpha value is -2.40. The number of carbonyl (C=O) groups is 1. The highest BCUT2D eigenvalue weighted by Gasteiger charge is 2.05. The molecule has 0 saturated heterocycles. The SMILES string of the molecule is NC(=S)c1ccc(C(=O)NCCc2ccc(O)cc2)cc1. The van der Waals surface area contributed by atoms with E-state index in [1.54, 1.807) is 36.4 Å². The van der Waals surface area contributed by atoms with Crippen molar-refractivity contribution in [3.8, 4) is 5.75 Å². The average molecular weight is 300 g/mol. The van der Waals surface area contributed by atoms with Crippen LogP contribution in [-0.2, 0) is 6.42 Å². The number of phenols is 1. The molecule has 0 radical (unpaired) electrons. The van der Waals surface area contributed by atoms with Gasteiger partial charge in [-0.15, -0.1) is 0 Å². The van der Waals surface area contributed by atoms with E-state index in [2.05, 4.69) is 5.32 Å². The quantitative estimate of drug-likeness (QED) is 0.738. The molecule has 5 heteroatoms. The van der Waals surface area contributed by atoms with Crippen LogP contribution in [0, 0.1) is 0 Å². The molecule has 0 aromatic heterocycles. The van der Waals surface area contributed by atoms with Gasteiger partial charge >= 0.3 is 0 Å². The molecular formula is C16H16N2O2S. The van der Waals surface area contributed by atoms with Crippen LogP contribution in [0.2, 0.25) is 0 Å². The Labute approximate surface area is 128 Å². The van der Waals surface area contributed by atoms with Gasteiger partial charge in [0.05, 0.1) is 0 Å². The lowest BCUT2D eigenvalue weighted by Crippen LogP contribution is -2.25. The normalized spacial score (nSPS) is 10.1. The lowest BCUT2D eigenvalue weighted by atomic mass is 10.1. The summed E-state index contributed by atoms with van der Waals surface area (Å²) in [5.74, 6) is 0.101. The van der Waals surface area contributed by atoms with Crippen LogP contribution in [0.3, 0.4) is 0 Å². The number of amides is 1. The third-order valence-electron chi connectivity index (χ3n) is 3.07. The molecule has 0 aliphatic heterocycles. The van der Waals surface area contributed by atoms with E-state index in [9.17, 15) is 9.90 Å². The summed E-state index contributed by atoms with van der Waals surface area (Å²) < 4.78 is 0. The fourth-order valence-electron chi connectivity index (χ4n) is 1.87. The highest BCUT2D eigenvalue weighted by atomic mass is 32.1. The van der Waals surface area contributed by atoms with Crippen LogP contribution < -0.4 is 11.1 Å². The largest absolute Gasteiger partial charge is 0.508 e. The second-order valence-corrected chi connectivity index (χ2v) is 5.05. The summed E-state index contributed by atoms with van der Waals surface area (Å²) in [6.45, 7) is 0.528. The Morgan fingerprint density at radius 3 is 2.19 bits per heavy atom. The maximum Gasteiger partial charge on any atom is 0.251 e. The van der Waals surface area contributed by atoms with Gasteiger partial charge in [-0.05, 0) is 36.2 Å². The number of rotatable bonds is 5. The van der Waals surface area contributed by atoms with Gasteiger partial charge in [0, 0.05) is 17.7 Å². The van der Waals surface area contributed by atoms with Crippen LogP contribution in [-0.4, -0.2) is 22.5 Å². The molecule has 4 nitrogen and oxygen atoms in total. The van der Waals surface area contributed by atoms with Crippen LogP contribution >= 0.6 is 12.2 Å². The number of thiocarbonyl (C=S) groups is 1. The zero-order valence-corrected chi connectivity index (χ0v) is 12.2. The first-order valence-electron chi connectivity index (χ1n) is 6.52. The van der Waals surface area contributed by atoms with E-state index < -0.39 is 0 Å². The topological polar surface area (TPSA) is 75.4 Å². The molecule has 2 rings (SSSR count). The minimum absolute atomic E-state index is 0.136. The lowest BCUT2D eigenvalue weighted by molar-refractivity contribution is 0.0954. The third-order valence-corrected chi connectivity index (χ3v) is 3.30. The molecule has 0 spiro atoms. The van der Waals surface area contributed by atoms with E-state index in [-0.39, 0.29) is 11.7 Å². The van der Waals surface area contributed by atoms with Crippen molar-refractivity contribution in [2.75, 3.05) is 6.54 Å². The van der Waals surface area contributed by atoms with Gasteiger partial charge in [-0.1, -0.05) is 36.5 Å². The van der Waals surface area contributed by atoms with Gasteiger partial charge in [0.2, 0.25) is 0 Å². The Morgan fingerprint density at radius 2 is 1.62 bits per heavy atom. The highest BCUT2D eigenvalue weighted by molar-refractivity contribution is 7.80. The molecule has 0 saturated carbocycles. The maximum atomic E-state index is 12.0. The zero-order valence-electron chi connectivity index (χ0n) is 11.4. The van der Waals surface area contributed by atoms with Gasteiger partial charge < -0.3 is 16.2 Å². The minimum atomic E-state index is -0.136. The van der Waals surface area contributed by atoms with Crippen molar-refractivity contribution in [1.82, 2.24) is 5.32 Å². The Morgan fingerprint density at radius 1 is 1.05 bits per heavy atom. The van der Waals surface area contributed by atoms with E-state index in [1.807, 2.05) is 12.1 Å².